The van der Waals surface area contributed by atoms with E-state index in [1.807, 2.05) is 16.8 Å². The minimum atomic E-state index is -2.93. The van der Waals surface area contributed by atoms with Gasteiger partial charge in [0.1, 0.15) is 0 Å². The molecule has 2 rings (SSSR count). The molecule has 4 nitrogen and oxygen atoms in total. The van der Waals surface area contributed by atoms with Gasteiger partial charge >= 0.3 is 0 Å². The van der Waals surface area contributed by atoms with Crippen LogP contribution < -0.4 is 5.73 Å². The molecule has 1 unspecified atom stereocenters. The summed E-state index contributed by atoms with van der Waals surface area (Å²) in [7, 11) is -2.93. The number of fused-ring (bicyclic) bond motifs is 1. The SMILES string of the molecule is CCC(N)Cc1ccc2c(ccn2CCS(=O)(=O)CC)c1. The van der Waals surface area contributed by atoms with E-state index in [-0.39, 0.29) is 17.5 Å². The normalized spacial score (nSPS) is 13.7. The van der Waals surface area contributed by atoms with Gasteiger partial charge in [0.2, 0.25) is 0 Å². The summed E-state index contributed by atoms with van der Waals surface area (Å²) < 4.78 is 25.2. The summed E-state index contributed by atoms with van der Waals surface area (Å²) in [5.41, 5.74) is 8.30. The predicted molar refractivity (Wildman–Crippen MR) is 88.2 cm³/mol. The van der Waals surface area contributed by atoms with Gasteiger partial charge < -0.3 is 10.3 Å². The molecule has 1 heterocycles. The lowest BCUT2D eigenvalue weighted by Gasteiger charge is -2.09. The molecule has 0 aliphatic rings. The van der Waals surface area contributed by atoms with Crippen molar-refractivity contribution in [3.8, 4) is 0 Å². The average Bonchev–Trinajstić information content (AvgIpc) is 2.87. The van der Waals surface area contributed by atoms with Gasteiger partial charge in [0.25, 0.3) is 0 Å². The van der Waals surface area contributed by atoms with E-state index in [2.05, 4.69) is 25.1 Å². The fraction of sp³-hybridized carbons (Fsp3) is 0.500. The second-order valence-corrected chi connectivity index (χ2v) is 7.98. The summed E-state index contributed by atoms with van der Waals surface area (Å²) in [4.78, 5) is 0. The van der Waals surface area contributed by atoms with Gasteiger partial charge in [0.15, 0.2) is 9.84 Å². The first-order valence-corrected chi connectivity index (χ1v) is 9.31. The molecule has 21 heavy (non-hydrogen) atoms. The quantitative estimate of drug-likeness (QED) is 0.854. The number of hydrogen-bond acceptors (Lipinski definition) is 3. The fourth-order valence-electron chi connectivity index (χ4n) is 2.40. The van der Waals surface area contributed by atoms with E-state index in [1.54, 1.807) is 6.92 Å². The number of rotatable bonds is 7. The number of aryl methyl sites for hydroxylation is 1. The molecule has 116 valence electrons. The van der Waals surface area contributed by atoms with Crippen molar-refractivity contribution in [3.63, 3.8) is 0 Å². The highest BCUT2D eigenvalue weighted by molar-refractivity contribution is 7.91. The van der Waals surface area contributed by atoms with Crippen molar-refractivity contribution in [1.29, 1.82) is 0 Å². The molecule has 0 radical (unpaired) electrons. The number of aromatic nitrogens is 1. The smallest absolute Gasteiger partial charge is 0.151 e. The third-order valence-corrected chi connectivity index (χ3v) is 5.62. The second kappa shape index (κ2) is 6.62. The molecule has 5 heteroatoms. The lowest BCUT2D eigenvalue weighted by atomic mass is 10.0. The highest BCUT2D eigenvalue weighted by atomic mass is 32.2. The number of nitrogens with zero attached hydrogens (tertiary/aromatic N) is 1. The van der Waals surface area contributed by atoms with Gasteiger partial charge in [-0.05, 0) is 42.0 Å². The Hall–Kier alpha value is -1.33. The highest BCUT2D eigenvalue weighted by Crippen LogP contribution is 2.19. The molecular weight excluding hydrogens is 284 g/mol. The summed E-state index contributed by atoms with van der Waals surface area (Å²) in [6.45, 7) is 4.29. The molecule has 0 bridgehead atoms. The van der Waals surface area contributed by atoms with Gasteiger partial charge in [0.05, 0.1) is 5.75 Å². The third kappa shape index (κ3) is 4.08. The molecule has 0 amide bonds. The van der Waals surface area contributed by atoms with E-state index < -0.39 is 9.84 Å². The molecule has 0 fully saturated rings. The van der Waals surface area contributed by atoms with Gasteiger partial charge in [-0.15, -0.1) is 0 Å². The van der Waals surface area contributed by atoms with E-state index >= 15 is 0 Å². The first-order valence-electron chi connectivity index (χ1n) is 7.49. The average molecular weight is 308 g/mol. The Morgan fingerprint density at radius 2 is 2.00 bits per heavy atom. The molecule has 0 spiro atoms. The zero-order valence-electron chi connectivity index (χ0n) is 12.7. The molecule has 2 aromatic rings. The van der Waals surface area contributed by atoms with Crippen LogP contribution in [0, 0.1) is 0 Å². The molecule has 0 aliphatic heterocycles. The first kappa shape index (κ1) is 16.0. The largest absolute Gasteiger partial charge is 0.346 e. The van der Waals surface area contributed by atoms with Gasteiger partial charge in [-0.1, -0.05) is 19.9 Å². The molecular formula is C16H24N2O2S. The van der Waals surface area contributed by atoms with Gasteiger partial charge in [0, 0.05) is 30.1 Å². The summed E-state index contributed by atoms with van der Waals surface area (Å²) >= 11 is 0. The Balaban J connectivity index is 2.17. The first-order chi connectivity index (χ1) is 9.95. The highest BCUT2D eigenvalue weighted by Gasteiger charge is 2.09. The maximum absolute atomic E-state index is 11.6. The molecule has 0 saturated heterocycles. The molecule has 2 N–H and O–H groups in total. The van der Waals surface area contributed by atoms with E-state index in [1.165, 1.54) is 5.56 Å². The van der Waals surface area contributed by atoms with Crippen molar-refractivity contribution in [3.05, 3.63) is 36.0 Å². The van der Waals surface area contributed by atoms with Crippen molar-refractivity contribution >= 4 is 20.7 Å². The van der Waals surface area contributed by atoms with E-state index in [0.29, 0.717) is 6.54 Å². The fourth-order valence-corrected chi connectivity index (χ4v) is 3.16. The van der Waals surface area contributed by atoms with Crippen LogP contribution in [0.25, 0.3) is 10.9 Å². The molecule has 1 atom stereocenters. The number of sulfone groups is 1. The topological polar surface area (TPSA) is 65.1 Å². The van der Waals surface area contributed by atoms with Crippen molar-refractivity contribution < 1.29 is 8.42 Å². The van der Waals surface area contributed by atoms with Crippen molar-refractivity contribution in [2.75, 3.05) is 11.5 Å². The van der Waals surface area contributed by atoms with Crippen LogP contribution in [0.4, 0.5) is 0 Å². The Kier molecular flexibility index (Phi) is 5.06. The number of benzene rings is 1. The van der Waals surface area contributed by atoms with Crippen LogP contribution in [-0.2, 0) is 22.8 Å². The minimum Gasteiger partial charge on any atom is -0.346 e. The predicted octanol–water partition coefficient (Wildman–Crippen LogP) is 2.36. The zero-order chi connectivity index (χ0) is 15.5. The lowest BCUT2D eigenvalue weighted by Crippen LogP contribution is -2.21. The van der Waals surface area contributed by atoms with Gasteiger partial charge in [-0.3, -0.25) is 0 Å². The summed E-state index contributed by atoms with van der Waals surface area (Å²) in [6, 6.07) is 8.53. The van der Waals surface area contributed by atoms with Crippen LogP contribution in [-0.4, -0.2) is 30.5 Å². The summed E-state index contributed by atoms with van der Waals surface area (Å²) in [6.07, 6.45) is 3.80. The molecule has 0 saturated carbocycles. The van der Waals surface area contributed by atoms with Crippen LogP contribution in [0.3, 0.4) is 0 Å². The van der Waals surface area contributed by atoms with Crippen molar-refractivity contribution in [2.45, 2.75) is 39.3 Å². The van der Waals surface area contributed by atoms with Crippen LogP contribution in [0.1, 0.15) is 25.8 Å². The Morgan fingerprint density at radius 1 is 1.24 bits per heavy atom. The van der Waals surface area contributed by atoms with Gasteiger partial charge in [-0.2, -0.15) is 0 Å². The Labute approximate surface area is 126 Å². The maximum atomic E-state index is 11.6. The monoisotopic (exact) mass is 308 g/mol. The Bertz CT molecular complexity index is 704. The molecule has 1 aromatic heterocycles. The lowest BCUT2D eigenvalue weighted by molar-refractivity contribution is 0.591. The maximum Gasteiger partial charge on any atom is 0.151 e. The molecule has 0 aliphatic carbocycles. The van der Waals surface area contributed by atoms with Crippen LogP contribution in [0.2, 0.25) is 0 Å². The molecule has 1 aromatic carbocycles. The Morgan fingerprint density at radius 3 is 2.67 bits per heavy atom. The van der Waals surface area contributed by atoms with E-state index in [0.717, 1.165) is 23.7 Å². The number of nitrogens with two attached hydrogens (primary N) is 1. The summed E-state index contributed by atoms with van der Waals surface area (Å²) in [5.74, 6) is 0.390. The summed E-state index contributed by atoms with van der Waals surface area (Å²) in [5, 5.41) is 1.14. The van der Waals surface area contributed by atoms with E-state index in [9.17, 15) is 8.42 Å². The van der Waals surface area contributed by atoms with Crippen LogP contribution >= 0.6 is 0 Å². The van der Waals surface area contributed by atoms with Crippen LogP contribution in [0.15, 0.2) is 30.5 Å². The van der Waals surface area contributed by atoms with Crippen LogP contribution in [0.5, 0.6) is 0 Å². The minimum absolute atomic E-state index is 0.190. The zero-order valence-corrected chi connectivity index (χ0v) is 13.6. The van der Waals surface area contributed by atoms with Crippen molar-refractivity contribution in [1.82, 2.24) is 4.57 Å². The van der Waals surface area contributed by atoms with Crippen molar-refractivity contribution in [2.24, 2.45) is 5.73 Å². The number of hydrogen-bond donors (Lipinski definition) is 1. The second-order valence-electron chi connectivity index (χ2n) is 5.51. The standard InChI is InChI=1S/C16H24N2O2S/c1-3-15(17)12-13-5-6-16-14(11-13)7-8-18(16)9-10-21(19,20)4-2/h5-8,11,15H,3-4,9-10,12,17H2,1-2H3. The van der Waals surface area contributed by atoms with E-state index in [4.69, 9.17) is 5.73 Å². The van der Waals surface area contributed by atoms with Gasteiger partial charge in [-0.25, -0.2) is 8.42 Å². The third-order valence-electron chi connectivity index (χ3n) is 3.94.